The Hall–Kier alpha value is -2.88. The van der Waals surface area contributed by atoms with E-state index in [0.717, 1.165) is 11.8 Å². The number of H-pyrrole nitrogens is 1. The van der Waals surface area contributed by atoms with E-state index in [1.807, 2.05) is 6.92 Å². The van der Waals surface area contributed by atoms with Crippen LogP contribution < -0.4 is 0 Å². The smallest absolute Gasteiger partial charge is 0.327 e. The molecule has 11 heteroatoms. The minimum absolute atomic E-state index is 0.190. The summed E-state index contributed by atoms with van der Waals surface area (Å²) in [6, 6.07) is 4.28. The molecule has 0 spiro atoms. The van der Waals surface area contributed by atoms with Crippen molar-refractivity contribution in [1.29, 1.82) is 0 Å². The van der Waals surface area contributed by atoms with Gasteiger partial charge in [-0.25, -0.2) is 0 Å². The number of benzene rings is 1. The SMILES string of the molecule is CC1Cc2c(nnn2-c2ccn[nH]2)C(C)N1C(=O)c1cccc(C(F)(F)F)c1Cl. The molecule has 2 aromatic heterocycles. The fraction of sp³-hybridized carbons (Fsp3) is 0.333. The minimum Gasteiger partial charge on any atom is -0.327 e. The second-order valence-corrected chi connectivity index (χ2v) is 7.26. The van der Waals surface area contributed by atoms with Crippen molar-refractivity contribution in [1.82, 2.24) is 30.1 Å². The molecule has 3 heterocycles. The van der Waals surface area contributed by atoms with Crippen LogP contribution in [0.4, 0.5) is 13.2 Å². The van der Waals surface area contributed by atoms with Crippen LogP contribution in [0.15, 0.2) is 30.5 Å². The average molecular weight is 425 g/mol. The highest BCUT2D eigenvalue weighted by Gasteiger charge is 2.40. The molecule has 0 saturated carbocycles. The normalized spacial score (nSPS) is 19.3. The van der Waals surface area contributed by atoms with Gasteiger partial charge in [-0.1, -0.05) is 22.9 Å². The Kier molecular flexibility index (Phi) is 4.60. The quantitative estimate of drug-likeness (QED) is 0.678. The number of aromatic nitrogens is 5. The van der Waals surface area contributed by atoms with Crippen molar-refractivity contribution in [3.05, 3.63) is 58.0 Å². The first-order chi connectivity index (χ1) is 13.7. The summed E-state index contributed by atoms with van der Waals surface area (Å²) in [6.07, 6.45) is -2.63. The van der Waals surface area contributed by atoms with Gasteiger partial charge in [-0.05, 0) is 26.0 Å². The van der Waals surface area contributed by atoms with Crippen LogP contribution in [0.3, 0.4) is 0 Å². The number of halogens is 4. The third kappa shape index (κ3) is 3.17. The van der Waals surface area contributed by atoms with Crippen LogP contribution in [-0.2, 0) is 12.6 Å². The molecule has 29 heavy (non-hydrogen) atoms. The van der Waals surface area contributed by atoms with Crippen LogP contribution >= 0.6 is 11.6 Å². The van der Waals surface area contributed by atoms with Crippen LogP contribution in [0.1, 0.15) is 47.2 Å². The van der Waals surface area contributed by atoms with Gasteiger partial charge in [0, 0.05) is 18.5 Å². The summed E-state index contributed by atoms with van der Waals surface area (Å²) in [7, 11) is 0. The maximum absolute atomic E-state index is 13.2. The summed E-state index contributed by atoms with van der Waals surface area (Å²) < 4.78 is 41.2. The van der Waals surface area contributed by atoms with E-state index in [-0.39, 0.29) is 11.6 Å². The van der Waals surface area contributed by atoms with E-state index >= 15 is 0 Å². The lowest BCUT2D eigenvalue weighted by Gasteiger charge is -2.38. The van der Waals surface area contributed by atoms with Crippen LogP contribution in [-0.4, -0.2) is 42.0 Å². The van der Waals surface area contributed by atoms with Crippen molar-refractivity contribution in [2.75, 3.05) is 0 Å². The second kappa shape index (κ2) is 6.87. The van der Waals surface area contributed by atoms with E-state index in [1.54, 1.807) is 23.9 Å². The van der Waals surface area contributed by atoms with Gasteiger partial charge in [-0.15, -0.1) is 5.10 Å². The molecule has 1 aliphatic heterocycles. The first-order valence-corrected chi connectivity index (χ1v) is 9.20. The summed E-state index contributed by atoms with van der Waals surface area (Å²) in [4.78, 5) is 14.7. The monoisotopic (exact) mass is 424 g/mol. The van der Waals surface area contributed by atoms with Crippen molar-refractivity contribution in [3.63, 3.8) is 0 Å². The molecule has 0 fully saturated rings. The highest BCUT2D eigenvalue weighted by Crippen LogP contribution is 2.39. The van der Waals surface area contributed by atoms with Crippen LogP contribution in [0.5, 0.6) is 0 Å². The number of hydrogen-bond donors (Lipinski definition) is 1. The molecule has 4 rings (SSSR count). The summed E-state index contributed by atoms with van der Waals surface area (Å²) in [5.74, 6) is 0.0571. The predicted octanol–water partition coefficient (Wildman–Crippen LogP) is 3.81. The van der Waals surface area contributed by atoms with Gasteiger partial charge >= 0.3 is 6.18 Å². The Balaban J connectivity index is 1.72. The van der Waals surface area contributed by atoms with Gasteiger partial charge in [0.1, 0.15) is 5.69 Å². The Labute approximate surface area is 168 Å². The Morgan fingerprint density at radius 2 is 2.03 bits per heavy atom. The molecule has 2 atom stereocenters. The molecular weight excluding hydrogens is 409 g/mol. The largest absolute Gasteiger partial charge is 0.417 e. The fourth-order valence-corrected chi connectivity index (χ4v) is 4.03. The van der Waals surface area contributed by atoms with Gasteiger partial charge in [0.25, 0.3) is 5.91 Å². The lowest BCUT2D eigenvalue weighted by molar-refractivity contribution is -0.137. The van der Waals surface area contributed by atoms with Gasteiger partial charge < -0.3 is 4.90 Å². The summed E-state index contributed by atoms with van der Waals surface area (Å²) >= 11 is 5.96. The zero-order valence-electron chi connectivity index (χ0n) is 15.4. The summed E-state index contributed by atoms with van der Waals surface area (Å²) in [6.45, 7) is 3.59. The number of fused-ring (bicyclic) bond motifs is 1. The Morgan fingerprint density at radius 1 is 1.28 bits per heavy atom. The number of aromatic amines is 1. The molecule has 1 amide bonds. The lowest BCUT2D eigenvalue weighted by atomic mass is 9.96. The molecule has 3 aromatic rings. The van der Waals surface area contributed by atoms with E-state index in [0.29, 0.717) is 17.9 Å². The third-order valence-electron chi connectivity index (χ3n) is 5.05. The van der Waals surface area contributed by atoms with Crippen LogP contribution in [0, 0.1) is 0 Å². The number of nitrogens with zero attached hydrogens (tertiary/aromatic N) is 5. The predicted molar refractivity (Wildman–Crippen MR) is 97.7 cm³/mol. The van der Waals surface area contributed by atoms with E-state index in [4.69, 9.17) is 11.6 Å². The average Bonchev–Trinajstić information content (AvgIpc) is 3.30. The highest BCUT2D eigenvalue weighted by molar-refractivity contribution is 6.34. The minimum atomic E-state index is -4.65. The number of nitrogens with one attached hydrogen (secondary N) is 1. The maximum atomic E-state index is 13.2. The van der Waals surface area contributed by atoms with E-state index in [1.165, 1.54) is 17.0 Å². The van der Waals surface area contributed by atoms with Crippen molar-refractivity contribution in [2.45, 2.75) is 38.5 Å². The van der Waals surface area contributed by atoms with E-state index in [9.17, 15) is 18.0 Å². The second-order valence-electron chi connectivity index (χ2n) is 6.88. The molecule has 0 radical (unpaired) electrons. The van der Waals surface area contributed by atoms with Gasteiger partial charge in [-0.2, -0.15) is 23.0 Å². The highest BCUT2D eigenvalue weighted by atomic mass is 35.5. The van der Waals surface area contributed by atoms with Crippen LogP contribution in [0.25, 0.3) is 5.82 Å². The fourth-order valence-electron chi connectivity index (χ4n) is 3.71. The number of hydrogen-bond acceptors (Lipinski definition) is 4. The molecule has 152 valence electrons. The molecule has 2 unspecified atom stereocenters. The number of amides is 1. The van der Waals surface area contributed by atoms with Crippen molar-refractivity contribution in [2.24, 2.45) is 0 Å². The number of carbonyl (C=O) groups excluding carboxylic acids is 1. The third-order valence-corrected chi connectivity index (χ3v) is 5.46. The molecule has 0 aliphatic carbocycles. The van der Waals surface area contributed by atoms with Crippen molar-refractivity contribution < 1.29 is 18.0 Å². The summed E-state index contributed by atoms with van der Waals surface area (Å²) in [5, 5.41) is 14.4. The van der Waals surface area contributed by atoms with Crippen molar-refractivity contribution >= 4 is 17.5 Å². The van der Waals surface area contributed by atoms with Crippen LogP contribution in [0.2, 0.25) is 5.02 Å². The first-order valence-electron chi connectivity index (χ1n) is 8.82. The van der Waals surface area contributed by atoms with Gasteiger partial charge in [0.05, 0.1) is 34.1 Å². The van der Waals surface area contributed by atoms with Gasteiger partial charge in [0.15, 0.2) is 5.82 Å². The van der Waals surface area contributed by atoms with E-state index < -0.39 is 28.7 Å². The molecule has 1 N–H and O–H groups in total. The van der Waals surface area contributed by atoms with Crippen molar-refractivity contribution in [3.8, 4) is 5.82 Å². The number of alkyl halides is 3. The lowest BCUT2D eigenvalue weighted by Crippen LogP contribution is -2.45. The summed E-state index contributed by atoms with van der Waals surface area (Å²) in [5.41, 5.74) is 0.167. The van der Waals surface area contributed by atoms with Gasteiger partial charge in [-0.3, -0.25) is 9.89 Å². The first kappa shape index (κ1) is 19.4. The molecule has 0 bridgehead atoms. The molecule has 7 nitrogen and oxygen atoms in total. The zero-order valence-corrected chi connectivity index (χ0v) is 16.2. The Bertz CT molecular complexity index is 1060. The topological polar surface area (TPSA) is 79.7 Å². The zero-order chi connectivity index (χ0) is 20.9. The number of rotatable bonds is 2. The molecule has 0 saturated heterocycles. The standard InChI is InChI=1S/C18H16ClF3N6O/c1-9-8-13-16(25-26-28(13)14-6-7-23-24-14)10(2)27(9)17(29)11-4-3-5-12(15(11)19)18(20,21)22/h3-7,9-10H,8H2,1-2H3,(H,23,24). The molecule has 1 aromatic carbocycles. The molecule has 1 aliphatic rings. The number of carbonyl (C=O) groups is 1. The van der Waals surface area contributed by atoms with E-state index in [2.05, 4.69) is 20.5 Å². The maximum Gasteiger partial charge on any atom is 0.417 e. The van der Waals surface area contributed by atoms with Gasteiger partial charge in [0.2, 0.25) is 0 Å². The molecular formula is C18H16ClF3N6O. The Morgan fingerprint density at radius 3 is 2.69 bits per heavy atom.